The van der Waals surface area contributed by atoms with Gasteiger partial charge in [0, 0.05) is 22.8 Å². The van der Waals surface area contributed by atoms with Crippen LogP contribution in [-0.4, -0.2) is 24.3 Å². The van der Waals surface area contributed by atoms with Gasteiger partial charge in [0.1, 0.15) is 0 Å². The van der Waals surface area contributed by atoms with Crippen LogP contribution in [0.3, 0.4) is 0 Å². The molecule has 0 bridgehead atoms. The molecule has 1 atom stereocenters. The third-order valence-electron chi connectivity index (χ3n) is 3.39. The van der Waals surface area contributed by atoms with Crippen molar-refractivity contribution in [3.63, 3.8) is 0 Å². The molecule has 0 amide bonds. The predicted molar refractivity (Wildman–Crippen MR) is 80.3 cm³/mol. The third-order valence-corrected chi connectivity index (χ3v) is 4.06. The fraction of sp³-hybridized carbons (Fsp3) is 0.538. The van der Waals surface area contributed by atoms with Crippen molar-refractivity contribution in [1.82, 2.24) is 0 Å². The van der Waals surface area contributed by atoms with Gasteiger partial charge in [0.2, 0.25) is 0 Å². The fourth-order valence-electron chi connectivity index (χ4n) is 2.55. The highest BCUT2D eigenvalue weighted by Crippen LogP contribution is 2.31. The summed E-state index contributed by atoms with van der Waals surface area (Å²) < 4.78 is 1.17. The van der Waals surface area contributed by atoms with Crippen LogP contribution in [0, 0.1) is 3.57 Å². The van der Waals surface area contributed by atoms with Crippen LogP contribution < -0.4 is 10.6 Å². The van der Waals surface area contributed by atoms with Gasteiger partial charge >= 0.3 is 0 Å². The largest absolute Gasteiger partial charge is 0.397 e. The maximum absolute atomic E-state index is 9.14. The van der Waals surface area contributed by atoms with E-state index < -0.39 is 0 Å². The second kappa shape index (κ2) is 5.91. The first kappa shape index (κ1) is 13.0. The zero-order valence-corrected chi connectivity index (χ0v) is 12.1. The highest BCUT2D eigenvalue weighted by molar-refractivity contribution is 14.1. The number of benzene rings is 1. The van der Waals surface area contributed by atoms with Crippen LogP contribution in [0.15, 0.2) is 18.2 Å². The molecule has 0 aliphatic carbocycles. The van der Waals surface area contributed by atoms with E-state index in [9.17, 15) is 0 Å². The molecule has 3 N–H and O–H groups in total. The number of aliphatic hydroxyl groups excluding tert-OH is 1. The molecule has 4 heteroatoms. The molecule has 1 aromatic rings. The topological polar surface area (TPSA) is 49.5 Å². The highest BCUT2D eigenvalue weighted by atomic mass is 127. The molecule has 0 radical (unpaired) electrons. The summed E-state index contributed by atoms with van der Waals surface area (Å²) in [6, 6.07) is 6.65. The Hall–Kier alpha value is -0.490. The minimum Gasteiger partial charge on any atom is -0.397 e. The fourth-order valence-corrected chi connectivity index (χ4v) is 3.07. The Labute approximate surface area is 116 Å². The van der Waals surface area contributed by atoms with Crippen molar-refractivity contribution < 1.29 is 5.11 Å². The van der Waals surface area contributed by atoms with Crippen molar-refractivity contribution in [3.05, 3.63) is 21.8 Å². The van der Waals surface area contributed by atoms with E-state index in [1.807, 2.05) is 6.07 Å². The molecule has 1 aliphatic rings. The average molecular weight is 346 g/mol. The highest BCUT2D eigenvalue weighted by Gasteiger charge is 2.23. The molecule has 0 aromatic heterocycles. The number of hydrogen-bond donors (Lipinski definition) is 2. The second-order valence-electron chi connectivity index (χ2n) is 4.56. The van der Waals surface area contributed by atoms with E-state index in [1.54, 1.807) is 0 Å². The number of nitrogen functional groups attached to an aromatic ring is 1. The third kappa shape index (κ3) is 3.04. The number of anilines is 2. The van der Waals surface area contributed by atoms with Gasteiger partial charge in [-0.2, -0.15) is 0 Å². The SMILES string of the molecule is Nc1cc(I)ccc1N1CCCCC1CCO. The first-order valence-corrected chi connectivity index (χ1v) is 7.23. The molecule has 2 rings (SSSR count). The number of rotatable bonds is 3. The lowest BCUT2D eigenvalue weighted by molar-refractivity contribution is 0.262. The average Bonchev–Trinajstić information content (AvgIpc) is 2.31. The van der Waals surface area contributed by atoms with Gasteiger partial charge in [-0.15, -0.1) is 0 Å². The van der Waals surface area contributed by atoms with E-state index in [0.717, 1.165) is 30.8 Å². The van der Waals surface area contributed by atoms with E-state index in [4.69, 9.17) is 10.8 Å². The van der Waals surface area contributed by atoms with Crippen molar-refractivity contribution in [2.45, 2.75) is 31.7 Å². The number of piperidine rings is 1. The second-order valence-corrected chi connectivity index (χ2v) is 5.80. The lowest BCUT2D eigenvalue weighted by Crippen LogP contribution is -2.40. The molecule has 0 spiro atoms. The molecule has 1 fully saturated rings. The summed E-state index contributed by atoms with van der Waals surface area (Å²) in [6.07, 6.45) is 4.47. The van der Waals surface area contributed by atoms with Gasteiger partial charge in [-0.05, 0) is 66.5 Å². The number of nitrogens with two attached hydrogens (primary N) is 1. The number of hydrogen-bond acceptors (Lipinski definition) is 3. The van der Waals surface area contributed by atoms with Gasteiger partial charge in [-0.1, -0.05) is 0 Å². The zero-order valence-electron chi connectivity index (χ0n) is 9.90. The van der Waals surface area contributed by atoms with Crippen LogP contribution >= 0.6 is 22.6 Å². The van der Waals surface area contributed by atoms with E-state index in [2.05, 4.69) is 39.6 Å². The van der Waals surface area contributed by atoms with Crippen molar-refractivity contribution in [2.75, 3.05) is 23.8 Å². The van der Waals surface area contributed by atoms with Gasteiger partial charge in [0.15, 0.2) is 0 Å². The monoisotopic (exact) mass is 346 g/mol. The molecular weight excluding hydrogens is 327 g/mol. The van der Waals surface area contributed by atoms with Crippen molar-refractivity contribution in [1.29, 1.82) is 0 Å². The molecule has 1 heterocycles. The first-order valence-electron chi connectivity index (χ1n) is 6.15. The summed E-state index contributed by atoms with van der Waals surface area (Å²) in [6.45, 7) is 1.31. The summed E-state index contributed by atoms with van der Waals surface area (Å²) in [7, 11) is 0. The van der Waals surface area contributed by atoms with E-state index in [-0.39, 0.29) is 6.61 Å². The standard InChI is InChI=1S/C13H19IN2O/c14-10-4-5-13(12(15)9-10)16-7-2-1-3-11(16)6-8-17/h4-5,9,11,17H,1-3,6-8,15H2. The Morgan fingerprint density at radius 1 is 1.41 bits per heavy atom. The number of nitrogens with zero attached hydrogens (tertiary/aromatic N) is 1. The van der Waals surface area contributed by atoms with Crippen LogP contribution in [0.2, 0.25) is 0 Å². The minimum absolute atomic E-state index is 0.255. The maximum atomic E-state index is 9.14. The number of halogens is 1. The summed E-state index contributed by atoms with van der Waals surface area (Å²) >= 11 is 2.28. The van der Waals surface area contributed by atoms with Crippen LogP contribution in [0.25, 0.3) is 0 Å². The molecule has 1 aliphatic heterocycles. The molecule has 1 saturated heterocycles. The lowest BCUT2D eigenvalue weighted by Gasteiger charge is -2.38. The summed E-state index contributed by atoms with van der Waals surface area (Å²) in [5.41, 5.74) is 8.08. The summed E-state index contributed by atoms with van der Waals surface area (Å²) in [5.74, 6) is 0. The smallest absolute Gasteiger partial charge is 0.0603 e. The van der Waals surface area contributed by atoms with Gasteiger partial charge < -0.3 is 15.7 Å². The Bertz CT molecular complexity index is 382. The first-order chi connectivity index (χ1) is 8.22. The predicted octanol–water partition coefficient (Wildman–Crippen LogP) is 2.61. The summed E-state index contributed by atoms with van der Waals surface area (Å²) in [4.78, 5) is 2.37. The minimum atomic E-state index is 0.255. The van der Waals surface area contributed by atoms with Gasteiger partial charge in [-0.25, -0.2) is 0 Å². The summed E-state index contributed by atoms with van der Waals surface area (Å²) in [5, 5.41) is 9.14. The van der Waals surface area contributed by atoms with Crippen LogP contribution in [0.5, 0.6) is 0 Å². The molecule has 94 valence electrons. The molecule has 3 nitrogen and oxygen atoms in total. The molecule has 0 saturated carbocycles. The Balaban J connectivity index is 2.23. The zero-order chi connectivity index (χ0) is 12.3. The molecule has 1 aromatic carbocycles. The van der Waals surface area contributed by atoms with Crippen LogP contribution in [-0.2, 0) is 0 Å². The van der Waals surface area contributed by atoms with Crippen molar-refractivity contribution in [2.24, 2.45) is 0 Å². The van der Waals surface area contributed by atoms with Crippen LogP contribution in [0.1, 0.15) is 25.7 Å². The lowest BCUT2D eigenvalue weighted by atomic mass is 9.98. The number of aliphatic hydroxyl groups is 1. The van der Waals surface area contributed by atoms with Crippen molar-refractivity contribution in [3.8, 4) is 0 Å². The maximum Gasteiger partial charge on any atom is 0.0603 e. The molecular formula is C13H19IN2O. The van der Waals surface area contributed by atoms with E-state index in [0.29, 0.717) is 6.04 Å². The van der Waals surface area contributed by atoms with Gasteiger partial charge in [0.25, 0.3) is 0 Å². The normalized spacial score (nSPS) is 20.6. The Morgan fingerprint density at radius 3 is 2.94 bits per heavy atom. The van der Waals surface area contributed by atoms with Crippen LogP contribution in [0.4, 0.5) is 11.4 Å². The Kier molecular flexibility index (Phi) is 4.50. The van der Waals surface area contributed by atoms with Crippen molar-refractivity contribution >= 4 is 34.0 Å². The quantitative estimate of drug-likeness (QED) is 0.654. The Morgan fingerprint density at radius 2 is 2.24 bits per heavy atom. The molecule has 17 heavy (non-hydrogen) atoms. The van der Waals surface area contributed by atoms with Gasteiger partial charge in [-0.3, -0.25) is 0 Å². The van der Waals surface area contributed by atoms with E-state index in [1.165, 1.54) is 16.4 Å². The van der Waals surface area contributed by atoms with E-state index >= 15 is 0 Å². The molecule has 1 unspecified atom stereocenters. The van der Waals surface area contributed by atoms with Gasteiger partial charge in [0.05, 0.1) is 11.4 Å².